The van der Waals surface area contributed by atoms with Crippen molar-refractivity contribution in [3.05, 3.63) is 35.4 Å². The Morgan fingerprint density at radius 3 is 1.55 bits per heavy atom. The Labute approximate surface area is 137 Å². The first kappa shape index (κ1) is 21.3. The summed E-state index contributed by atoms with van der Waals surface area (Å²) < 4.78 is 40.6. The molecule has 0 amide bonds. The first-order chi connectivity index (χ1) is 8.69. The Morgan fingerprint density at radius 2 is 1.30 bits per heavy atom. The molecule has 1 aromatic carbocycles. The Hall–Kier alpha value is -0.970. The number of esters is 2. The van der Waals surface area contributed by atoms with Crippen molar-refractivity contribution < 1.29 is 36.6 Å². The number of rotatable bonds is 2. The Balaban J connectivity index is 0. The van der Waals surface area contributed by atoms with Crippen LogP contribution in [0.5, 0.6) is 0 Å². The van der Waals surface area contributed by atoms with E-state index in [2.05, 4.69) is 9.47 Å². The predicted octanol–water partition coefficient (Wildman–Crippen LogP) is -0.0415. The molecule has 0 atom stereocenters. The van der Waals surface area contributed by atoms with Crippen LogP contribution in [-0.4, -0.2) is 73.2 Å². The van der Waals surface area contributed by atoms with Gasteiger partial charge in [0.15, 0.2) is 0 Å². The molecule has 0 heterocycles. The minimum absolute atomic E-state index is 0. The second-order valence-electron chi connectivity index (χ2n) is 3.01. The van der Waals surface area contributed by atoms with Gasteiger partial charge in [0.05, 0.1) is 25.3 Å². The van der Waals surface area contributed by atoms with Gasteiger partial charge in [-0.05, 0) is 18.2 Å². The molecule has 1 rings (SSSR count). The molecule has 108 valence electrons. The zero-order valence-electron chi connectivity index (χ0n) is 10.1. The number of hydrogen-bond acceptors (Lipinski definition) is 6. The van der Waals surface area contributed by atoms with E-state index in [9.17, 15) is 9.59 Å². The van der Waals surface area contributed by atoms with Crippen molar-refractivity contribution in [1.82, 2.24) is 0 Å². The molecule has 0 spiro atoms. The van der Waals surface area contributed by atoms with E-state index >= 15 is 0 Å². The average Bonchev–Trinajstić information content (AvgIpc) is 2.35. The summed E-state index contributed by atoms with van der Waals surface area (Å²) in [6.45, 7) is 0. The van der Waals surface area contributed by atoms with Crippen LogP contribution in [0.1, 0.15) is 20.7 Å². The fourth-order valence-corrected chi connectivity index (χ4v) is 1.01. The van der Waals surface area contributed by atoms with E-state index in [0.717, 1.165) is 0 Å². The third-order valence-electron chi connectivity index (χ3n) is 1.70. The monoisotopic (exact) mass is 316 g/mol. The van der Waals surface area contributed by atoms with Gasteiger partial charge in [0.2, 0.25) is 0 Å². The van der Waals surface area contributed by atoms with Gasteiger partial charge in [-0.3, -0.25) is 9.11 Å². The molecule has 8 nitrogen and oxygen atoms in total. The summed E-state index contributed by atoms with van der Waals surface area (Å²) >= 11 is 0. The van der Waals surface area contributed by atoms with Crippen molar-refractivity contribution in [2.24, 2.45) is 0 Å². The van der Waals surface area contributed by atoms with Crippen LogP contribution in [0.3, 0.4) is 0 Å². The van der Waals surface area contributed by atoms with E-state index in [1.807, 2.05) is 0 Å². The van der Waals surface area contributed by atoms with Gasteiger partial charge >= 0.3 is 51.9 Å². The number of benzene rings is 1. The Bertz CT molecular complexity index is 515. The van der Waals surface area contributed by atoms with Crippen LogP contribution in [0.2, 0.25) is 0 Å². The van der Waals surface area contributed by atoms with E-state index in [1.165, 1.54) is 20.3 Å². The van der Waals surface area contributed by atoms with Crippen LogP contribution in [0.25, 0.3) is 0 Å². The molecule has 2 N–H and O–H groups in total. The second kappa shape index (κ2) is 9.86. The van der Waals surface area contributed by atoms with Gasteiger partial charge in [-0.15, -0.1) is 0 Å². The van der Waals surface area contributed by atoms with E-state index in [-0.39, 0.29) is 29.6 Å². The molecule has 0 aliphatic heterocycles. The number of ether oxygens (including phenoxy) is 2. The summed E-state index contributed by atoms with van der Waals surface area (Å²) in [5.74, 6) is -0.952. The average molecular weight is 316 g/mol. The van der Waals surface area contributed by atoms with Crippen LogP contribution in [-0.2, 0) is 19.9 Å². The molecule has 0 aromatic heterocycles. The number of carbonyl (C=O) groups is 2. The first-order valence-electron chi connectivity index (χ1n) is 4.65. The molecule has 20 heavy (non-hydrogen) atoms. The van der Waals surface area contributed by atoms with E-state index in [1.54, 1.807) is 18.2 Å². The van der Waals surface area contributed by atoms with Gasteiger partial charge in [0.25, 0.3) is 0 Å². The van der Waals surface area contributed by atoms with Crippen molar-refractivity contribution in [1.29, 1.82) is 0 Å². The Kier molecular flexibility index (Phi) is 10.5. The summed E-state index contributed by atoms with van der Waals surface area (Å²) in [5, 5.41) is 0. The standard InChI is InChI=1S/C10H10O4.Na.H2O4S.H/c1-13-9(11)7-4-3-5-8(6-7)10(12)14-2;;1-5(2,3)4;/h3-6H,1-2H3;;(H2,1,2,3,4);. The normalized spacial score (nSPS) is 9.40. The van der Waals surface area contributed by atoms with Crippen LogP contribution in [0, 0.1) is 0 Å². The third-order valence-corrected chi connectivity index (χ3v) is 1.70. The molecular weight excluding hydrogens is 303 g/mol. The minimum atomic E-state index is -4.67. The molecule has 0 aliphatic rings. The van der Waals surface area contributed by atoms with Gasteiger partial charge in [-0.2, -0.15) is 8.42 Å². The molecule has 0 saturated carbocycles. The van der Waals surface area contributed by atoms with Gasteiger partial charge in [-0.1, -0.05) is 6.07 Å². The number of methoxy groups -OCH3 is 2. The second-order valence-corrected chi connectivity index (χ2v) is 3.91. The van der Waals surface area contributed by atoms with Crippen molar-refractivity contribution in [3.63, 3.8) is 0 Å². The van der Waals surface area contributed by atoms with Crippen molar-refractivity contribution in [3.8, 4) is 0 Å². The van der Waals surface area contributed by atoms with Crippen molar-refractivity contribution in [2.45, 2.75) is 0 Å². The van der Waals surface area contributed by atoms with E-state index in [4.69, 9.17) is 17.5 Å². The molecule has 0 saturated heterocycles. The van der Waals surface area contributed by atoms with Crippen LogP contribution in [0.4, 0.5) is 0 Å². The molecule has 0 radical (unpaired) electrons. The maximum atomic E-state index is 11.1. The van der Waals surface area contributed by atoms with Crippen LogP contribution >= 0.6 is 0 Å². The summed E-state index contributed by atoms with van der Waals surface area (Å²) in [5.41, 5.74) is 0.658. The maximum absolute atomic E-state index is 11.1. The topological polar surface area (TPSA) is 127 Å². The molecule has 0 bridgehead atoms. The Morgan fingerprint density at radius 1 is 1.00 bits per heavy atom. The molecule has 1 aromatic rings. The predicted molar refractivity (Wildman–Crippen MR) is 70.4 cm³/mol. The van der Waals surface area contributed by atoms with E-state index in [0.29, 0.717) is 11.1 Å². The fraction of sp³-hybridized carbons (Fsp3) is 0.200. The molecule has 0 unspecified atom stereocenters. The third kappa shape index (κ3) is 9.89. The summed E-state index contributed by atoms with van der Waals surface area (Å²) in [4.78, 5) is 22.2. The van der Waals surface area contributed by atoms with Gasteiger partial charge in [-0.25, -0.2) is 9.59 Å². The zero-order valence-corrected chi connectivity index (χ0v) is 10.9. The quantitative estimate of drug-likeness (QED) is 0.442. The van der Waals surface area contributed by atoms with E-state index < -0.39 is 22.3 Å². The summed E-state index contributed by atoms with van der Waals surface area (Å²) in [6, 6.07) is 6.16. The van der Waals surface area contributed by atoms with Crippen molar-refractivity contribution in [2.75, 3.05) is 14.2 Å². The number of hydrogen-bond donors (Lipinski definition) is 2. The van der Waals surface area contributed by atoms with Gasteiger partial charge < -0.3 is 9.47 Å². The van der Waals surface area contributed by atoms with Gasteiger partial charge in [0, 0.05) is 0 Å². The molecule has 0 aliphatic carbocycles. The van der Waals surface area contributed by atoms with Crippen LogP contribution in [0.15, 0.2) is 24.3 Å². The van der Waals surface area contributed by atoms with Crippen LogP contribution < -0.4 is 0 Å². The summed E-state index contributed by atoms with van der Waals surface area (Å²) in [7, 11) is -2.10. The first-order valence-corrected chi connectivity index (χ1v) is 6.05. The SMILES string of the molecule is COC(=O)c1cccc(C(=O)OC)c1.O=S(=O)(O)O.[NaH]. The molecule has 0 fully saturated rings. The molecule has 10 heteroatoms. The zero-order chi connectivity index (χ0) is 15.1. The molecular formula is C10H13NaO8S. The summed E-state index contributed by atoms with van der Waals surface area (Å²) in [6.07, 6.45) is 0. The van der Waals surface area contributed by atoms with Crippen molar-refractivity contribution >= 4 is 51.9 Å². The number of carbonyl (C=O) groups excluding carboxylic acids is 2. The fourth-order valence-electron chi connectivity index (χ4n) is 1.01. The van der Waals surface area contributed by atoms with Gasteiger partial charge in [0.1, 0.15) is 0 Å².